The van der Waals surface area contributed by atoms with Gasteiger partial charge in [-0.1, -0.05) is 88.8 Å². The zero-order chi connectivity index (χ0) is 61.5. The fourth-order valence-electron chi connectivity index (χ4n) is 12.4. The minimum Gasteiger partial charge on any atom is -0.507 e. The fourth-order valence-corrected chi connectivity index (χ4v) is 14.0. The van der Waals surface area contributed by atoms with Crippen LogP contribution in [0.5, 0.6) is 5.75 Å². The number of imide groups is 1. The first kappa shape index (κ1) is 62.7. The molecule has 3 aromatic rings. The fraction of sp³-hybridized carbons (Fsp3) is 0.508. The highest BCUT2D eigenvalue weighted by Crippen LogP contribution is 2.67. The van der Waals surface area contributed by atoms with Crippen molar-refractivity contribution < 1.29 is 67.9 Å². The Labute approximate surface area is 503 Å². The highest BCUT2D eigenvalue weighted by atomic mass is 32.2. The van der Waals surface area contributed by atoms with Crippen molar-refractivity contribution in [1.29, 1.82) is 0 Å². The van der Waals surface area contributed by atoms with Gasteiger partial charge in [0.2, 0.25) is 29.5 Å². The molecule has 11 N–H and O–H groups in total. The molecule has 3 heterocycles. The maximum absolute atomic E-state index is 14.3. The Morgan fingerprint density at radius 1 is 0.860 bits per heavy atom. The van der Waals surface area contributed by atoms with Crippen LogP contribution < -0.4 is 37.6 Å². The summed E-state index contributed by atoms with van der Waals surface area (Å²) in [4.78, 5) is 121. The number of benzene rings is 3. The Morgan fingerprint density at radius 3 is 2.28 bits per heavy atom. The number of hydrogen-bond donors (Lipinski definition) is 10. The number of aliphatic hydroxyl groups excluding tert-OH is 2. The number of aromatic hydroxyl groups is 1. The molecule has 8 amide bonds. The summed E-state index contributed by atoms with van der Waals surface area (Å²) in [7, 11) is 0. The summed E-state index contributed by atoms with van der Waals surface area (Å²) in [6.07, 6.45) is 11.3. The number of ether oxygens (including phenoxy) is 2. The van der Waals surface area contributed by atoms with Crippen LogP contribution >= 0.6 is 11.8 Å². The van der Waals surface area contributed by atoms with Gasteiger partial charge in [-0.05, 0) is 105 Å². The van der Waals surface area contributed by atoms with Crippen molar-refractivity contribution >= 4 is 76.4 Å². The van der Waals surface area contributed by atoms with Crippen LogP contribution in [0.3, 0.4) is 0 Å². The molecule has 0 radical (unpaired) electrons. The van der Waals surface area contributed by atoms with E-state index in [1.807, 2.05) is 0 Å². The van der Waals surface area contributed by atoms with Gasteiger partial charge in [-0.2, -0.15) is 0 Å². The number of carbonyl (C=O) groups excluding carboxylic acids is 9. The molecule has 1 unspecified atom stereocenters. The smallest absolute Gasteiger partial charge is 0.407 e. The number of phenols is 1. The number of amides is 8. The van der Waals surface area contributed by atoms with Crippen LogP contribution in [0.4, 0.5) is 21.0 Å². The number of likely N-dealkylation sites (tertiary alicyclic amines) is 1. The van der Waals surface area contributed by atoms with E-state index >= 15 is 0 Å². The van der Waals surface area contributed by atoms with Crippen LogP contribution in [0.1, 0.15) is 166 Å². The van der Waals surface area contributed by atoms with Crippen LogP contribution in [-0.4, -0.2) is 133 Å². The molecule has 0 aromatic heterocycles. The lowest BCUT2D eigenvalue weighted by molar-refractivity contribution is -0.138. The minimum atomic E-state index is -1.58. The molecule has 86 heavy (non-hydrogen) atoms. The lowest BCUT2D eigenvalue weighted by atomic mass is 9.69. The predicted octanol–water partition coefficient (Wildman–Crippen LogP) is 5.60. The molecule has 3 aromatic carbocycles. The first-order chi connectivity index (χ1) is 41.2. The number of nitrogens with one attached hydrogen (secondary N) is 6. The van der Waals surface area contributed by atoms with Crippen molar-refractivity contribution in [3.63, 3.8) is 0 Å². The first-order valence-corrected chi connectivity index (χ1v) is 30.7. The lowest BCUT2D eigenvalue weighted by Crippen LogP contribution is -2.55. The number of carbonyl (C=O) groups is 9. The van der Waals surface area contributed by atoms with Gasteiger partial charge in [-0.25, -0.2) is 9.59 Å². The summed E-state index contributed by atoms with van der Waals surface area (Å²) in [5.41, 5.74) is 3.61. The van der Waals surface area contributed by atoms with Crippen molar-refractivity contribution in [2.45, 2.75) is 182 Å². The number of nitrogens with two attached hydrogens (primary N) is 1. The number of epoxide rings is 1. The largest absolute Gasteiger partial charge is 0.507 e. The number of nitrogens with zero attached hydrogens (tertiary/aromatic N) is 1. The molecule has 3 aliphatic carbocycles. The number of alkyl carbamates (subject to hydrolysis) is 1. The number of ketones is 2. The third-order valence-corrected chi connectivity index (χ3v) is 18.5. The second-order valence-electron chi connectivity index (χ2n) is 23.3. The van der Waals surface area contributed by atoms with E-state index in [9.17, 15) is 58.5 Å². The summed E-state index contributed by atoms with van der Waals surface area (Å²) in [6.45, 7) is 5.18. The summed E-state index contributed by atoms with van der Waals surface area (Å²) < 4.78 is 11.6. The number of unbranched alkanes of at least 4 members (excludes halogenated alkanes) is 2. The van der Waals surface area contributed by atoms with Gasteiger partial charge in [0.05, 0.1) is 28.2 Å². The van der Waals surface area contributed by atoms with Gasteiger partial charge in [0.25, 0.3) is 0 Å². The number of rotatable bonds is 23. The van der Waals surface area contributed by atoms with Crippen LogP contribution in [0.15, 0.2) is 60.7 Å². The monoisotopic (exact) mass is 1200 g/mol. The average molecular weight is 1200 g/mol. The van der Waals surface area contributed by atoms with E-state index < -0.39 is 82.8 Å². The van der Waals surface area contributed by atoms with E-state index in [1.54, 1.807) is 55.9 Å². The van der Waals surface area contributed by atoms with Crippen LogP contribution in [0.2, 0.25) is 0 Å². The standard InChI is InChI=1S/C63H76N8O14S/c1-35(2)53(70-49(75)21-11-8-14-29-71-50(76)32-46(59(71)81)86-40-16-9-6-4-5-7-10-17-40)58(80)68-44(18-15-28-65-60(64)82)57(79)67-39-25-22-37(23-26-39)34-84-61(83)66-33-38-24-27-41-42(30-38)56(78)51-45(73)31-43-54(52(51)55(41)77)69-47-19-12-13-20-48(74)63(43)62(47,85-63)36(3)72/h13,20,22-27,30-31,35-36,40,44,46-48,53,69,72-74H,4-11,14-18,21,28-29,32-34H2,1-3H3,(H,66,83)(H,67,79)(H,68,80)(H,70,75)(H3,64,65,82)/b20-13-/t36-,44+,46?,47+,48-,53+,62+,63+/m1/s1. The van der Waals surface area contributed by atoms with Gasteiger partial charge in [0.1, 0.15) is 36.6 Å². The maximum atomic E-state index is 14.3. The SMILES string of the molecule is CC(C)[C@H](NC(=O)CCCCCN1C(=O)CC(SC2CCCCCCCC2)C1=O)C(=O)N[C@@H](CCCNC(N)=O)C(=O)Nc1ccc(COC(=O)NCc2ccc3c(c2)C(=O)c2c(O)cc4c(c2C3=O)N[C@H]2C#C/C=C\[C@@H](O)[C@@]43O[C@@]23[C@@H](C)O)cc1. The number of fused-ring (bicyclic) bond motifs is 4. The Bertz CT molecular complexity index is 3240. The number of thioether (sulfide) groups is 1. The molecule has 22 nitrogen and oxygen atoms in total. The highest BCUT2D eigenvalue weighted by Gasteiger charge is 2.82. The zero-order valence-corrected chi connectivity index (χ0v) is 49.4. The Kier molecular flexibility index (Phi) is 19.9. The van der Waals surface area contributed by atoms with E-state index in [4.69, 9.17) is 15.2 Å². The molecule has 458 valence electrons. The van der Waals surface area contributed by atoms with Crippen molar-refractivity contribution in [2.75, 3.05) is 23.7 Å². The molecule has 2 saturated heterocycles. The molecule has 8 atom stereocenters. The number of aliphatic hydroxyl groups is 2. The molecule has 23 heteroatoms. The van der Waals surface area contributed by atoms with Crippen molar-refractivity contribution in [2.24, 2.45) is 11.7 Å². The number of hydrogen-bond acceptors (Lipinski definition) is 16. The molecule has 0 spiro atoms. The van der Waals surface area contributed by atoms with Crippen LogP contribution in [-0.2, 0) is 52.2 Å². The van der Waals surface area contributed by atoms with Gasteiger partial charge in [0.15, 0.2) is 22.8 Å². The Balaban J connectivity index is 0.736. The third kappa shape index (κ3) is 13.4. The second kappa shape index (κ2) is 27.3. The Hall–Kier alpha value is -7.78. The third-order valence-electron chi connectivity index (χ3n) is 17.0. The molecule has 3 fully saturated rings. The highest BCUT2D eigenvalue weighted by molar-refractivity contribution is 8.01. The molecule has 2 bridgehead atoms. The summed E-state index contributed by atoms with van der Waals surface area (Å²) in [6, 6.07) is 8.39. The van der Waals surface area contributed by atoms with Gasteiger partial charge in [-0.15, -0.1) is 11.8 Å². The van der Waals surface area contributed by atoms with E-state index in [1.165, 1.54) is 67.9 Å². The van der Waals surface area contributed by atoms with Gasteiger partial charge in [-0.3, -0.25) is 38.5 Å². The van der Waals surface area contributed by atoms with Crippen molar-refractivity contribution in [1.82, 2.24) is 26.2 Å². The summed E-state index contributed by atoms with van der Waals surface area (Å²) >= 11 is 1.67. The van der Waals surface area contributed by atoms with Crippen LogP contribution in [0.25, 0.3) is 0 Å². The van der Waals surface area contributed by atoms with Gasteiger partial charge < -0.3 is 62.4 Å². The number of allylic oxidation sites excluding steroid dienone is 1. The minimum absolute atomic E-state index is 0.00682. The number of primary amides is 1. The van der Waals surface area contributed by atoms with Crippen molar-refractivity contribution in [3.05, 3.63) is 99.6 Å². The van der Waals surface area contributed by atoms with Gasteiger partial charge >= 0.3 is 12.1 Å². The number of urea groups is 1. The first-order valence-electron chi connectivity index (χ1n) is 29.8. The number of phenolic OH excluding ortho intramolecular Hbond substituents is 1. The van der Waals surface area contributed by atoms with E-state index in [2.05, 4.69) is 43.7 Å². The molecular formula is C63H76N8O14S. The molecule has 3 aliphatic heterocycles. The van der Waals surface area contributed by atoms with E-state index in [0.29, 0.717) is 47.9 Å². The topological polar surface area (TPSA) is 338 Å². The molecule has 6 aliphatic rings. The summed E-state index contributed by atoms with van der Waals surface area (Å²) in [5, 5.41) is 50.4. The average Bonchev–Trinajstić information content (AvgIpc) is 1.48. The molecule has 9 rings (SSSR count). The zero-order valence-electron chi connectivity index (χ0n) is 48.6. The van der Waals surface area contributed by atoms with Gasteiger partial charge in [0, 0.05) is 60.1 Å². The maximum Gasteiger partial charge on any atom is 0.407 e. The number of anilines is 2. The van der Waals surface area contributed by atoms with E-state index in [0.717, 1.165) is 25.7 Å². The molecule has 1 saturated carbocycles. The lowest BCUT2D eigenvalue weighted by Gasteiger charge is -2.38. The summed E-state index contributed by atoms with van der Waals surface area (Å²) in [5.74, 6) is 1.90. The van der Waals surface area contributed by atoms with E-state index in [-0.39, 0.29) is 108 Å². The predicted molar refractivity (Wildman–Crippen MR) is 318 cm³/mol. The van der Waals surface area contributed by atoms with Crippen molar-refractivity contribution in [3.8, 4) is 17.6 Å². The Morgan fingerprint density at radius 2 is 1.57 bits per heavy atom. The van der Waals surface area contributed by atoms with Crippen LogP contribution in [0, 0.1) is 17.8 Å². The quantitative estimate of drug-likeness (QED) is 0.0142. The molecular weight excluding hydrogens is 1120 g/mol. The normalized spacial score (nSPS) is 23.5. The second-order valence-corrected chi connectivity index (χ2v) is 24.8.